The van der Waals surface area contributed by atoms with Crippen LogP contribution >= 0.6 is 11.8 Å². The van der Waals surface area contributed by atoms with Gasteiger partial charge in [0.05, 0.1) is 0 Å². The SMILES string of the molecule is CSc1ncc(CCN)c(NC2CCCC2)n1. The highest BCUT2D eigenvalue weighted by atomic mass is 32.2. The molecule has 17 heavy (non-hydrogen) atoms. The zero-order chi connectivity index (χ0) is 12.1. The summed E-state index contributed by atoms with van der Waals surface area (Å²) >= 11 is 1.57. The second kappa shape index (κ2) is 6.21. The molecule has 94 valence electrons. The van der Waals surface area contributed by atoms with Gasteiger partial charge in [0.1, 0.15) is 5.82 Å². The Hall–Kier alpha value is -0.810. The van der Waals surface area contributed by atoms with Crippen LogP contribution in [0, 0.1) is 0 Å². The van der Waals surface area contributed by atoms with Gasteiger partial charge in [-0.05, 0) is 32.1 Å². The van der Waals surface area contributed by atoms with E-state index in [1.54, 1.807) is 11.8 Å². The van der Waals surface area contributed by atoms with Crippen molar-refractivity contribution >= 4 is 17.6 Å². The molecule has 5 heteroatoms. The Balaban J connectivity index is 2.14. The van der Waals surface area contributed by atoms with Crippen molar-refractivity contribution in [3.8, 4) is 0 Å². The fraction of sp³-hybridized carbons (Fsp3) is 0.667. The van der Waals surface area contributed by atoms with E-state index in [4.69, 9.17) is 5.73 Å². The van der Waals surface area contributed by atoms with E-state index in [9.17, 15) is 0 Å². The Kier molecular flexibility index (Phi) is 4.62. The monoisotopic (exact) mass is 252 g/mol. The predicted molar refractivity (Wildman–Crippen MR) is 72.5 cm³/mol. The number of anilines is 1. The molecule has 0 aromatic carbocycles. The molecule has 0 saturated heterocycles. The highest BCUT2D eigenvalue weighted by molar-refractivity contribution is 7.98. The number of nitrogens with one attached hydrogen (secondary N) is 1. The predicted octanol–water partition coefficient (Wildman–Crippen LogP) is 2.05. The van der Waals surface area contributed by atoms with Crippen molar-refractivity contribution in [1.82, 2.24) is 9.97 Å². The maximum Gasteiger partial charge on any atom is 0.189 e. The van der Waals surface area contributed by atoms with E-state index in [1.807, 2.05) is 12.5 Å². The second-order valence-electron chi connectivity index (χ2n) is 4.39. The van der Waals surface area contributed by atoms with Crippen molar-refractivity contribution < 1.29 is 0 Å². The fourth-order valence-electron chi connectivity index (χ4n) is 2.22. The number of rotatable bonds is 5. The third-order valence-electron chi connectivity index (χ3n) is 3.13. The molecule has 3 N–H and O–H groups in total. The summed E-state index contributed by atoms with van der Waals surface area (Å²) in [6.07, 6.45) is 9.89. The molecule has 0 unspecified atom stereocenters. The molecule has 1 fully saturated rings. The van der Waals surface area contributed by atoms with Gasteiger partial charge in [0.15, 0.2) is 5.16 Å². The van der Waals surface area contributed by atoms with Gasteiger partial charge in [-0.25, -0.2) is 9.97 Å². The summed E-state index contributed by atoms with van der Waals surface area (Å²) in [6.45, 7) is 0.640. The van der Waals surface area contributed by atoms with Gasteiger partial charge < -0.3 is 11.1 Å². The van der Waals surface area contributed by atoms with Crippen LogP contribution in [0.3, 0.4) is 0 Å². The molecule has 0 aliphatic heterocycles. The zero-order valence-corrected chi connectivity index (χ0v) is 11.1. The van der Waals surface area contributed by atoms with Crippen LogP contribution in [-0.2, 0) is 6.42 Å². The van der Waals surface area contributed by atoms with Crippen molar-refractivity contribution in [2.45, 2.75) is 43.3 Å². The Morgan fingerprint density at radius 3 is 2.88 bits per heavy atom. The Morgan fingerprint density at radius 1 is 1.47 bits per heavy atom. The lowest BCUT2D eigenvalue weighted by Gasteiger charge is -2.16. The average molecular weight is 252 g/mol. The molecule has 1 aliphatic carbocycles. The van der Waals surface area contributed by atoms with E-state index in [2.05, 4.69) is 15.3 Å². The highest BCUT2D eigenvalue weighted by Crippen LogP contribution is 2.24. The lowest BCUT2D eigenvalue weighted by molar-refractivity contribution is 0.740. The van der Waals surface area contributed by atoms with Crippen LogP contribution in [0.5, 0.6) is 0 Å². The molecule has 2 rings (SSSR count). The molecular formula is C12H20N4S. The maximum absolute atomic E-state index is 5.62. The van der Waals surface area contributed by atoms with E-state index >= 15 is 0 Å². The van der Waals surface area contributed by atoms with E-state index in [-0.39, 0.29) is 0 Å². The Bertz CT molecular complexity index is 364. The summed E-state index contributed by atoms with van der Waals surface area (Å²) in [5.74, 6) is 0.988. The molecular weight excluding hydrogens is 232 g/mol. The first-order valence-corrected chi connectivity index (χ1v) is 7.42. The molecule has 1 aromatic heterocycles. The third-order valence-corrected chi connectivity index (χ3v) is 3.70. The first-order chi connectivity index (χ1) is 8.33. The van der Waals surface area contributed by atoms with E-state index in [0.29, 0.717) is 12.6 Å². The highest BCUT2D eigenvalue weighted by Gasteiger charge is 2.17. The van der Waals surface area contributed by atoms with Crippen LogP contribution in [-0.4, -0.2) is 28.8 Å². The molecule has 1 aliphatic rings. The molecule has 0 bridgehead atoms. The van der Waals surface area contributed by atoms with Crippen molar-refractivity contribution in [1.29, 1.82) is 0 Å². The van der Waals surface area contributed by atoms with Gasteiger partial charge in [-0.15, -0.1) is 0 Å². The smallest absolute Gasteiger partial charge is 0.189 e. The summed E-state index contributed by atoms with van der Waals surface area (Å²) in [4.78, 5) is 8.87. The molecule has 0 atom stereocenters. The summed E-state index contributed by atoms with van der Waals surface area (Å²) in [5.41, 5.74) is 6.76. The van der Waals surface area contributed by atoms with E-state index in [1.165, 1.54) is 25.7 Å². The van der Waals surface area contributed by atoms with Crippen molar-refractivity contribution in [2.24, 2.45) is 5.73 Å². The summed E-state index contributed by atoms with van der Waals surface area (Å²) < 4.78 is 0. The molecule has 1 aromatic rings. The van der Waals surface area contributed by atoms with Gasteiger partial charge >= 0.3 is 0 Å². The third kappa shape index (κ3) is 3.33. The van der Waals surface area contributed by atoms with Crippen molar-refractivity contribution in [2.75, 3.05) is 18.1 Å². The van der Waals surface area contributed by atoms with Crippen LogP contribution in [0.25, 0.3) is 0 Å². The molecule has 4 nitrogen and oxygen atoms in total. The number of aromatic nitrogens is 2. The Morgan fingerprint density at radius 2 is 2.24 bits per heavy atom. The van der Waals surface area contributed by atoms with Crippen LogP contribution in [0.1, 0.15) is 31.2 Å². The lowest BCUT2D eigenvalue weighted by Crippen LogP contribution is -2.18. The minimum atomic E-state index is 0.580. The molecule has 0 radical (unpaired) electrons. The number of hydrogen-bond donors (Lipinski definition) is 2. The first kappa shape index (κ1) is 12.6. The summed E-state index contributed by atoms with van der Waals surface area (Å²) in [6, 6.07) is 0.580. The van der Waals surface area contributed by atoms with Crippen LogP contribution < -0.4 is 11.1 Å². The van der Waals surface area contributed by atoms with Crippen LogP contribution in [0.15, 0.2) is 11.4 Å². The molecule has 0 amide bonds. The molecule has 1 saturated carbocycles. The summed E-state index contributed by atoms with van der Waals surface area (Å²) in [5, 5.41) is 4.37. The van der Waals surface area contributed by atoms with Gasteiger partial charge in [0.2, 0.25) is 0 Å². The lowest BCUT2D eigenvalue weighted by atomic mass is 10.2. The van der Waals surface area contributed by atoms with E-state index in [0.717, 1.165) is 23.0 Å². The Labute approximate surface area is 107 Å². The van der Waals surface area contributed by atoms with Crippen molar-refractivity contribution in [3.63, 3.8) is 0 Å². The number of hydrogen-bond acceptors (Lipinski definition) is 5. The van der Waals surface area contributed by atoms with Crippen LogP contribution in [0.2, 0.25) is 0 Å². The van der Waals surface area contributed by atoms with Gasteiger partial charge in [-0.1, -0.05) is 24.6 Å². The van der Waals surface area contributed by atoms with Gasteiger partial charge in [0.25, 0.3) is 0 Å². The summed E-state index contributed by atoms with van der Waals surface area (Å²) in [7, 11) is 0. The normalized spacial score (nSPS) is 16.4. The standard InChI is InChI=1S/C12H20N4S/c1-17-12-14-8-9(6-7-13)11(16-12)15-10-4-2-3-5-10/h8,10H,2-7,13H2,1H3,(H,14,15,16). The number of nitrogens with zero attached hydrogens (tertiary/aromatic N) is 2. The quantitative estimate of drug-likeness (QED) is 0.620. The number of thioether (sulfide) groups is 1. The van der Waals surface area contributed by atoms with Crippen LogP contribution in [0.4, 0.5) is 5.82 Å². The molecule has 1 heterocycles. The van der Waals surface area contributed by atoms with Crippen molar-refractivity contribution in [3.05, 3.63) is 11.8 Å². The second-order valence-corrected chi connectivity index (χ2v) is 5.17. The molecule has 0 spiro atoms. The average Bonchev–Trinajstić information content (AvgIpc) is 2.84. The largest absolute Gasteiger partial charge is 0.367 e. The number of nitrogens with two attached hydrogens (primary N) is 1. The topological polar surface area (TPSA) is 63.8 Å². The van der Waals surface area contributed by atoms with Gasteiger partial charge in [-0.2, -0.15) is 0 Å². The minimum absolute atomic E-state index is 0.580. The first-order valence-electron chi connectivity index (χ1n) is 6.20. The van der Waals surface area contributed by atoms with Gasteiger partial charge in [0, 0.05) is 17.8 Å². The van der Waals surface area contributed by atoms with Gasteiger partial charge in [-0.3, -0.25) is 0 Å². The maximum atomic E-state index is 5.62. The fourth-order valence-corrected chi connectivity index (χ4v) is 2.56. The van der Waals surface area contributed by atoms with E-state index < -0.39 is 0 Å². The minimum Gasteiger partial charge on any atom is -0.367 e. The zero-order valence-electron chi connectivity index (χ0n) is 10.3.